The van der Waals surface area contributed by atoms with E-state index in [9.17, 15) is 27.7 Å². The molecule has 0 aliphatic carbocycles. The van der Waals surface area contributed by atoms with Crippen molar-refractivity contribution in [3.8, 4) is 11.8 Å². The number of carbonyl (C=O) groups is 2. The number of halogens is 1. The van der Waals surface area contributed by atoms with Gasteiger partial charge < -0.3 is 4.74 Å². The van der Waals surface area contributed by atoms with Crippen molar-refractivity contribution < 1.29 is 27.1 Å². The number of piperidine rings is 1. The molecule has 2 N–H and O–H groups in total. The van der Waals surface area contributed by atoms with Gasteiger partial charge in [-0.2, -0.15) is 9.57 Å². The first-order chi connectivity index (χ1) is 15.7. The van der Waals surface area contributed by atoms with Gasteiger partial charge in [-0.15, -0.1) is 0 Å². The van der Waals surface area contributed by atoms with Crippen molar-refractivity contribution in [2.24, 2.45) is 5.92 Å². The molecule has 0 aromatic heterocycles. The van der Waals surface area contributed by atoms with Crippen LogP contribution >= 0.6 is 0 Å². The topological polar surface area (TPSA) is 129 Å². The average molecular weight is 475 g/mol. The third kappa shape index (κ3) is 5.66. The molecule has 1 saturated heterocycles. The molecule has 1 aliphatic heterocycles. The number of hydrogen-bond acceptors (Lipinski definition) is 6. The molecule has 1 aliphatic rings. The van der Waals surface area contributed by atoms with Crippen LogP contribution in [0.5, 0.6) is 5.75 Å². The summed E-state index contributed by atoms with van der Waals surface area (Å²) in [5, 5.41) is 9.19. The van der Waals surface area contributed by atoms with E-state index in [0.29, 0.717) is 0 Å². The van der Waals surface area contributed by atoms with E-state index >= 15 is 0 Å². The monoisotopic (exact) mass is 474 g/mol. The number of nitrogens with one attached hydrogen (secondary N) is 2. The van der Waals surface area contributed by atoms with Crippen molar-refractivity contribution in [1.29, 1.82) is 5.26 Å². The number of nitrogens with zero attached hydrogens (tertiary/aromatic N) is 2. The first kappa shape index (κ1) is 24.2. The molecule has 2 aromatic carbocycles. The lowest BCUT2D eigenvalue weighted by molar-refractivity contribution is -0.134. The summed E-state index contributed by atoms with van der Waals surface area (Å²) in [6.45, 7) is 1.61. The first-order valence-electron chi connectivity index (χ1n) is 10.2. The number of para-hydroxylation sites is 1. The van der Waals surface area contributed by atoms with E-state index in [0.717, 1.165) is 0 Å². The van der Waals surface area contributed by atoms with Crippen molar-refractivity contribution >= 4 is 21.8 Å². The van der Waals surface area contributed by atoms with E-state index in [4.69, 9.17) is 4.74 Å². The number of nitriles is 1. The summed E-state index contributed by atoms with van der Waals surface area (Å²) in [4.78, 5) is 24.5. The highest BCUT2D eigenvalue weighted by molar-refractivity contribution is 7.89. The maximum absolute atomic E-state index is 13.6. The smallest absolute Gasteiger partial charge is 0.279 e. The van der Waals surface area contributed by atoms with Crippen LogP contribution in [0.3, 0.4) is 0 Å². The molecule has 3 rings (SSSR count). The lowest BCUT2D eigenvalue weighted by Crippen LogP contribution is -2.51. The number of hydrogen-bond donors (Lipinski definition) is 2. The highest BCUT2D eigenvalue weighted by atomic mass is 32.2. The van der Waals surface area contributed by atoms with Crippen LogP contribution in [0.4, 0.5) is 4.39 Å². The first-order valence-corrected chi connectivity index (χ1v) is 11.7. The summed E-state index contributed by atoms with van der Waals surface area (Å²) in [5.41, 5.74) is 4.62. The Morgan fingerprint density at radius 2 is 1.76 bits per heavy atom. The Morgan fingerprint density at radius 3 is 2.42 bits per heavy atom. The Labute approximate surface area is 191 Å². The fourth-order valence-electron chi connectivity index (χ4n) is 3.39. The highest BCUT2D eigenvalue weighted by Gasteiger charge is 2.33. The zero-order valence-corrected chi connectivity index (χ0v) is 18.6. The largest absolute Gasteiger partial charge is 0.478 e. The average Bonchev–Trinajstić information content (AvgIpc) is 2.83. The Balaban J connectivity index is 1.51. The minimum absolute atomic E-state index is 0.0619. The fourth-order valence-corrected chi connectivity index (χ4v) is 5.00. The van der Waals surface area contributed by atoms with Crippen LogP contribution in [-0.2, 0) is 19.6 Å². The molecular weight excluding hydrogens is 451 g/mol. The van der Waals surface area contributed by atoms with E-state index < -0.39 is 39.7 Å². The van der Waals surface area contributed by atoms with Crippen molar-refractivity contribution in [3.05, 3.63) is 59.9 Å². The molecule has 2 amide bonds. The molecule has 0 radical (unpaired) electrons. The lowest BCUT2D eigenvalue weighted by atomic mass is 9.98. The molecule has 0 bridgehead atoms. The third-order valence-corrected chi connectivity index (χ3v) is 7.23. The summed E-state index contributed by atoms with van der Waals surface area (Å²) in [5.74, 6) is -2.33. The van der Waals surface area contributed by atoms with Crippen LogP contribution in [0.25, 0.3) is 0 Å². The fraction of sp³-hybridized carbons (Fsp3) is 0.318. The van der Waals surface area contributed by atoms with Crippen LogP contribution in [0.15, 0.2) is 53.4 Å². The molecule has 11 heteroatoms. The van der Waals surface area contributed by atoms with Gasteiger partial charge in [-0.05, 0) is 44.0 Å². The molecule has 33 heavy (non-hydrogen) atoms. The van der Waals surface area contributed by atoms with Crippen LogP contribution in [0.1, 0.15) is 25.3 Å². The van der Waals surface area contributed by atoms with Crippen LogP contribution in [0.2, 0.25) is 0 Å². The summed E-state index contributed by atoms with van der Waals surface area (Å²) in [6, 6.07) is 13.5. The minimum atomic E-state index is -3.86. The van der Waals surface area contributed by atoms with Crippen molar-refractivity contribution in [2.45, 2.75) is 30.8 Å². The molecular formula is C22H23FN4O5S. The standard InChI is InChI=1S/C22H23FN4O5S/c1-15(32-19-8-4-3-7-18(19)23)21(28)25-26-22(29)16-10-12-27(13-11-16)33(30,31)20-9-5-2-6-17(20)14-24/h2-9,15-16H,10-13H2,1H3,(H,25,28)(H,26,29). The second kappa shape index (κ2) is 10.4. The van der Waals surface area contributed by atoms with Crippen molar-refractivity contribution in [1.82, 2.24) is 15.2 Å². The number of amides is 2. The molecule has 1 fully saturated rings. The van der Waals surface area contributed by atoms with Crippen molar-refractivity contribution in [3.63, 3.8) is 0 Å². The van der Waals surface area contributed by atoms with Gasteiger partial charge in [0.05, 0.1) is 10.5 Å². The van der Waals surface area contributed by atoms with Crippen LogP contribution < -0.4 is 15.6 Å². The molecule has 2 aromatic rings. The second-order valence-corrected chi connectivity index (χ2v) is 9.36. The summed E-state index contributed by atoms with van der Waals surface area (Å²) in [6.07, 6.45) is -0.567. The maximum atomic E-state index is 13.6. The van der Waals surface area contributed by atoms with Gasteiger partial charge in [0.15, 0.2) is 17.7 Å². The van der Waals surface area contributed by atoms with Gasteiger partial charge in [0.25, 0.3) is 5.91 Å². The number of ether oxygens (including phenoxy) is 1. The van der Waals surface area contributed by atoms with Gasteiger partial charge in [0.1, 0.15) is 6.07 Å². The quantitative estimate of drug-likeness (QED) is 0.614. The molecule has 1 unspecified atom stereocenters. The number of benzene rings is 2. The second-order valence-electron chi connectivity index (χ2n) is 7.46. The molecule has 0 spiro atoms. The Kier molecular flexibility index (Phi) is 7.63. The normalized spacial score (nSPS) is 15.8. The molecule has 0 saturated carbocycles. The predicted molar refractivity (Wildman–Crippen MR) is 115 cm³/mol. The summed E-state index contributed by atoms with van der Waals surface area (Å²) in [7, 11) is -3.86. The van der Waals surface area contributed by atoms with E-state index in [1.807, 2.05) is 6.07 Å². The van der Waals surface area contributed by atoms with E-state index in [2.05, 4.69) is 10.9 Å². The number of carbonyl (C=O) groups excluding carboxylic acids is 2. The van der Waals surface area contributed by atoms with Gasteiger partial charge in [-0.3, -0.25) is 20.4 Å². The van der Waals surface area contributed by atoms with Gasteiger partial charge in [-0.25, -0.2) is 12.8 Å². The molecule has 1 heterocycles. The number of hydrazine groups is 1. The Morgan fingerprint density at radius 1 is 1.12 bits per heavy atom. The Hall–Kier alpha value is -3.49. The van der Waals surface area contributed by atoms with Gasteiger partial charge in [-0.1, -0.05) is 24.3 Å². The zero-order valence-electron chi connectivity index (χ0n) is 17.8. The van der Waals surface area contributed by atoms with E-state index in [1.165, 1.54) is 41.6 Å². The van der Waals surface area contributed by atoms with E-state index in [-0.39, 0.29) is 42.1 Å². The maximum Gasteiger partial charge on any atom is 0.279 e. The van der Waals surface area contributed by atoms with Crippen molar-refractivity contribution in [2.75, 3.05) is 13.1 Å². The molecule has 1 atom stereocenters. The van der Waals surface area contributed by atoms with Gasteiger partial charge in [0.2, 0.25) is 15.9 Å². The zero-order chi connectivity index (χ0) is 24.0. The van der Waals surface area contributed by atoms with Gasteiger partial charge >= 0.3 is 0 Å². The molecule has 9 nitrogen and oxygen atoms in total. The Bertz CT molecular complexity index is 1170. The van der Waals surface area contributed by atoms with Gasteiger partial charge in [0, 0.05) is 19.0 Å². The SMILES string of the molecule is CC(Oc1ccccc1F)C(=O)NNC(=O)C1CCN(S(=O)(=O)c2ccccc2C#N)CC1. The van der Waals surface area contributed by atoms with Crippen LogP contribution in [-0.4, -0.2) is 43.7 Å². The van der Waals surface area contributed by atoms with Crippen LogP contribution in [0, 0.1) is 23.1 Å². The summed E-state index contributed by atoms with van der Waals surface area (Å²) >= 11 is 0. The number of rotatable bonds is 6. The third-order valence-electron chi connectivity index (χ3n) is 5.27. The molecule has 174 valence electrons. The lowest BCUT2D eigenvalue weighted by Gasteiger charge is -2.30. The van der Waals surface area contributed by atoms with E-state index in [1.54, 1.807) is 18.2 Å². The summed E-state index contributed by atoms with van der Waals surface area (Å²) < 4.78 is 45.9. The highest BCUT2D eigenvalue weighted by Crippen LogP contribution is 2.25. The number of sulfonamides is 1. The predicted octanol–water partition coefficient (Wildman–Crippen LogP) is 1.71. The minimum Gasteiger partial charge on any atom is -0.478 e.